The molecule has 0 aliphatic carbocycles. The van der Waals surface area contributed by atoms with Crippen LogP contribution in [-0.2, 0) is 25.5 Å². The number of carbonyl (C=O) groups is 3. The minimum absolute atomic E-state index is 0.0199. The molecule has 1 aromatic carbocycles. The number of hydrogen-bond acceptors (Lipinski definition) is 4. The van der Waals surface area contributed by atoms with E-state index in [2.05, 4.69) is 16.1 Å². The van der Waals surface area contributed by atoms with Crippen molar-refractivity contribution >= 4 is 17.8 Å². The van der Waals surface area contributed by atoms with E-state index in [0.29, 0.717) is 19.4 Å². The van der Waals surface area contributed by atoms with E-state index in [1.807, 2.05) is 32.0 Å². The predicted molar refractivity (Wildman–Crippen MR) is 98.4 cm³/mol. The van der Waals surface area contributed by atoms with Gasteiger partial charge < -0.3 is 15.0 Å². The summed E-state index contributed by atoms with van der Waals surface area (Å²) >= 11 is 0. The number of rotatable bonds is 7. The smallest absolute Gasteiger partial charge is 0.325 e. The van der Waals surface area contributed by atoms with E-state index in [1.165, 1.54) is 18.2 Å². The highest BCUT2D eigenvalue weighted by atomic mass is 16.5. The number of methoxy groups -OCH3 is 1. The maximum Gasteiger partial charge on any atom is 0.325 e. The monoisotopic (exact) mass is 360 g/mol. The van der Waals surface area contributed by atoms with Gasteiger partial charge in [-0.1, -0.05) is 31.2 Å². The molecule has 26 heavy (non-hydrogen) atoms. The molecule has 1 N–H and O–H groups in total. The van der Waals surface area contributed by atoms with Gasteiger partial charge in [0.2, 0.25) is 11.8 Å². The van der Waals surface area contributed by atoms with E-state index in [0.717, 1.165) is 12.8 Å². The molecule has 1 fully saturated rings. The molecule has 6 heteroatoms. The summed E-state index contributed by atoms with van der Waals surface area (Å²) in [6.07, 6.45) is 2.82. The Morgan fingerprint density at radius 1 is 1.31 bits per heavy atom. The van der Waals surface area contributed by atoms with Crippen LogP contribution in [0.4, 0.5) is 0 Å². The zero-order valence-corrected chi connectivity index (χ0v) is 15.8. The highest BCUT2D eigenvalue weighted by molar-refractivity contribution is 5.90. The van der Waals surface area contributed by atoms with Gasteiger partial charge in [-0.25, -0.2) is 0 Å². The molecule has 0 spiro atoms. The first-order valence-electron chi connectivity index (χ1n) is 9.17. The summed E-state index contributed by atoms with van der Waals surface area (Å²) in [6.45, 7) is 4.46. The second kappa shape index (κ2) is 9.36. The topological polar surface area (TPSA) is 75.7 Å². The Balaban J connectivity index is 2.04. The van der Waals surface area contributed by atoms with Crippen LogP contribution in [0.1, 0.15) is 37.3 Å². The SMILES string of the molecule is CCC(Cc1ccccc1C)C(=O)N1CCC[C@H]1C(=O)NCC(=O)OC. The van der Waals surface area contributed by atoms with E-state index in [9.17, 15) is 14.4 Å². The van der Waals surface area contributed by atoms with Crippen LogP contribution in [0.2, 0.25) is 0 Å². The third kappa shape index (κ3) is 4.84. The zero-order valence-electron chi connectivity index (χ0n) is 15.8. The molecule has 1 aliphatic rings. The molecule has 0 radical (unpaired) electrons. The van der Waals surface area contributed by atoms with E-state index in [1.54, 1.807) is 4.90 Å². The highest BCUT2D eigenvalue weighted by Gasteiger charge is 2.36. The highest BCUT2D eigenvalue weighted by Crippen LogP contribution is 2.24. The summed E-state index contributed by atoms with van der Waals surface area (Å²) in [7, 11) is 1.28. The third-order valence-electron chi connectivity index (χ3n) is 5.04. The average molecular weight is 360 g/mol. The number of likely N-dealkylation sites (tertiary alicyclic amines) is 1. The molecule has 0 bridgehead atoms. The van der Waals surface area contributed by atoms with Crippen LogP contribution in [0.25, 0.3) is 0 Å². The Bertz CT molecular complexity index is 659. The van der Waals surface area contributed by atoms with Crippen molar-refractivity contribution in [1.29, 1.82) is 0 Å². The van der Waals surface area contributed by atoms with Crippen LogP contribution in [0, 0.1) is 12.8 Å². The molecular formula is C20H28N2O4. The van der Waals surface area contributed by atoms with Gasteiger partial charge in [-0.2, -0.15) is 0 Å². The van der Waals surface area contributed by atoms with Gasteiger partial charge in [-0.15, -0.1) is 0 Å². The molecule has 1 aromatic rings. The number of hydrogen-bond donors (Lipinski definition) is 1. The molecule has 1 aliphatic heterocycles. The lowest BCUT2D eigenvalue weighted by Gasteiger charge is -2.28. The Labute approximate surface area is 154 Å². The number of carbonyl (C=O) groups excluding carboxylic acids is 3. The second-order valence-corrected chi connectivity index (χ2v) is 6.72. The number of nitrogens with one attached hydrogen (secondary N) is 1. The van der Waals surface area contributed by atoms with E-state index < -0.39 is 12.0 Å². The molecule has 2 atom stereocenters. The van der Waals surface area contributed by atoms with Gasteiger partial charge >= 0.3 is 5.97 Å². The first-order valence-corrected chi connectivity index (χ1v) is 9.17. The standard InChI is InChI=1S/C20H28N2O4/c1-4-15(12-16-9-6-5-8-14(16)2)20(25)22-11-7-10-17(22)19(24)21-13-18(23)26-3/h5-6,8-9,15,17H,4,7,10-13H2,1-3H3,(H,21,24)/t15?,17-/m0/s1. The van der Waals surface area contributed by atoms with Crippen molar-refractivity contribution in [3.8, 4) is 0 Å². The minimum atomic E-state index is -0.502. The van der Waals surface area contributed by atoms with Gasteiger partial charge in [0.15, 0.2) is 0 Å². The van der Waals surface area contributed by atoms with Gasteiger partial charge in [0.25, 0.3) is 0 Å². The largest absolute Gasteiger partial charge is 0.468 e. The van der Waals surface area contributed by atoms with Crippen molar-refractivity contribution in [3.05, 3.63) is 35.4 Å². The summed E-state index contributed by atoms with van der Waals surface area (Å²) in [5.41, 5.74) is 2.34. The molecule has 2 amide bonds. The number of benzene rings is 1. The number of ether oxygens (including phenoxy) is 1. The summed E-state index contributed by atoms with van der Waals surface area (Å²) in [4.78, 5) is 38.3. The zero-order chi connectivity index (χ0) is 19.1. The summed E-state index contributed by atoms with van der Waals surface area (Å²) in [5, 5.41) is 2.57. The van der Waals surface area contributed by atoms with Gasteiger partial charge in [-0.05, 0) is 43.7 Å². The lowest BCUT2D eigenvalue weighted by Crippen LogP contribution is -2.49. The molecule has 0 saturated carbocycles. The van der Waals surface area contributed by atoms with Crippen molar-refractivity contribution < 1.29 is 19.1 Å². The van der Waals surface area contributed by atoms with Crippen molar-refractivity contribution in [2.45, 2.75) is 45.6 Å². The molecule has 142 valence electrons. The average Bonchev–Trinajstić information content (AvgIpc) is 3.14. The van der Waals surface area contributed by atoms with Crippen LogP contribution in [-0.4, -0.2) is 48.9 Å². The molecule has 1 heterocycles. The molecule has 6 nitrogen and oxygen atoms in total. The lowest BCUT2D eigenvalue weighted by atomic mass is 9.93. The fourth-order valence-electron chi connectivity index (χ4n) is 3.40. The van der Waals surface area contributed by atoms with Crippen LogP contribution < -0.4 is 5.32 Å². The number of esters is 1. The summed E-state index contributed by atoms with van der Waals surface area (Å²) in [6, 6.07) is 7.57. The van der Waals surface area contributed by atoms with Crippen LogP contribution in [0.3, 0.4) is 0 Å². The van der Waals surface area contributed by atoms with Crippen LogP contribution >= 0.6 is 0 Å². The van der Waals surface area contributed by atoms with Crippen LogP contribution in [0.5, 0.6) is 0 Å². The Kier molecular flexibility index (Phi) is 7.18. The molecule has 1 unspecified atom stereocenters. The molecule has 0 aromatic heterocycles. The van der Waals surface area contributed by atoms with E-state index in [-0.39, 0.29) is 24.3 Å². The van der Waals surface area contributed by atoms with E-state index >= 15 is 0 Å². The molecule has 2 rings (SSSR count). The van der Waals surface area contributed by atoms with Gasteiger partial charge in [0.1, 0.15) is 12.6 Å². The fraction of sp³-hybridized carbons (Fsp3) is 0.550. The summed E-state index contributed by atoms with van der Waals surface area (Å²) < 4.78 is 4.54. The Morgan fingerprint density at radius 2 is 2.04 bits per heavy atom. The van der Waals surface area contributed by atoms with Gasteiger partial charge in [0, 0.05) is 12.5 Å². The van der Waals surface area contributed by atoms with Crippen molar-refractivity contribution in [2.24, 2.45) is 5.92 Å². The van der Waals surface area contributed by atoms with Crippen molar-refractivity contribution in [1.82, 2.24) is 10.2 Å². The number of aryl methyl sites for hydroxylation is 1. The normalized spacial score (nSPS) is 17.7. The quantitative estimate of drug-likeness (QED) is 0.753. The van der Waals surface area contributed by atoms with Crippen molar-refractivity contribution in [3.63, 3.8) is 0 Å². The summed E-state index contributed by atoms with van der Waals surface area (Å²) in [5.74, 6) is -0.913. The minimum Gasteiger partial charge on any atom is -0.468 e. The second-order valence-electron chi connectivity index (χ2n) is 6.72. The van der Waals surface area contributed by atoms with Crippen molar-refractivity contribution in [2.75, 3.05) is 20.2 Å². The first-order chi connectivity index (χ1) is 12.5. The Hall–Kier alpha value is -2.37. The fourth-order valence-corrected chi connectivity index (χ4v) is 3.40. The maximum absolute atomic E-state index is 13.1. The molecular weight excluding hydrogens is 332 g/mol. The Morgan fingerprint density at radius 3 is 2.69 bits per heavy atom. The number of amides is 2. The van der Waals surface area contributed by atoms with Gasteiger partial charge in [0.05, 0.1) is 7.11 Å². The first kappa shape index (κ1) is 19.9. The third-order valence-corrected chi connectivity index (χ3v) is 5.04. The van der Waals surface area contributed by atoms with Gasteiger partial charge in [-0.3, -0.25) is 14.4 Å². The maximum atomic E-state index is 13.1. The predicted octanol–water partition coefficient (Wildman–Crippen LogP) is 1.84. The molecule has 1 saturated heterocycles. The number of nitrogens with zero attached hydrogens (tertiary/aromatic N) is 1. The lowest BCUT2D eigenvalue weighted by molar-refractivity contribution is -0.143. The van der Waals surface area contributed by atoms with E-state index in [4.69, 9.17) is 0 Å². The van der Waals surface area contributed by atoms with Crippen LogP contribution in [0.15, 0.2) is 24.3 Å².